The summed E-state index contributed by atoms with van der Waals surface area (Å²) in [5.41, 5.74) is 9.32. The molecule has 0 unspecified atom stereocenters. The summed E-state index contributed by atoms with van der Waals surface area (Å²) in [6.45, 7) is 0. The molecule has 0 saturated carbocycles. The van der Waals surface area contributed by atoms with Crippen molar-refractivity contribution >= 4 is 60.4 Å². The third-order valence-corrected chi connectivity index (χ3v) is 9.13. The number of para-hydroxylation sites is 2. The van der Waals surface area contributed by atoms with Crippen LogP contribution in [0.3, 0.4) is 0 Å². The van der Waals surface area contributed by atoms with Crippen molar-refractivity contribution in [2.45, 2.75) is 0 Å². The fourth-order valence-electron chi connectivity index (χ4n) is 6.99. The Morgan fingerprint density at radius 3 is 1.83 bits per heavy atom. The first-order valence-corrected chi connectivity index (χ1v) is 15.8. The van der Waals surface area contributed by atoms with Crippen LogP contribution >= 0.6 is 0 Å². The van der Waals surface area contributed by atoms with Crippen molar-refractivity contribution in [1.29, 1.82) is 0 Å². The average Bonchev–Trinajstić information content (AvgIpc) is 3.47. The number of rotatable bonds is 5. The number of fused-ring (bicyclic) bond motifs is 6. The van der Waals surface area contributed by atoms with Crippen LogP contribution in [0.25, 0.3) is 60.2 Å². The lowest BCUT2D eigenvalue weighted by Gasteiger charge is -2.26. The fourth-order valence-corrected chi connectivity index (χ4v) is 6.99. The van der Waals surface area contributed by atoms with Gasteiger partial charge in [-0.25, -0.2) is 0 Å². The number of nitrogens with zero attached hydrogens (tertiary/aromatic N) is 2. The van der Waals surface area contributed by atoms with E-state index in [2.05, 4.69) is 191 Å². The Morgan fingerprint density at radius 1 is 0.348 bits per heavy atom. The maximum Gasteiger partial charge on any atom is 0.0547 e. The Balaban J connectivity index is 1.17. The summed E-state index contributed by atoms with van der Waals surface area (Å²) in [5, 5.41) is 7.62. The molecule has 0 saturated heterocycles. The van der Waals surface area contributed by atoms with Gasteiger partial charge in [-0.3, -0.25) is 0 Å². The average molecular weight is 587 g/mol. The van der Waals surface area contributed by atoms with Crippen LogP contribution in [-0.2, 0) is 0 Å². The second-order valence-electron chi connectivity index (χ2n) is 11.8. The van der Waals surface area contributed by atoms with E-state index >= 15 is 0 Å². The van der Waals surface area contributed by atoms with Gasteiger partial charge in [-0.15, -0.1) is 0 Å². The minimum absolute atomic E-state index is 1.11. The third-order valence-electron chi connectivity index (χ3n) is 9.13. The van der Waals surface area contributed by atoms with Gasteiger partial charge in [-0.1, -0.05) is 115 Å². The highest BCUT2D eigenvalue weighted by Crippen LogP contribution is 2.40. The van der Waals surface area contributed by atoms with E-state index in [-0.39, 0.29) is 0 Å². The Bertz CT molecular complexity index is 2520. The molecule has 0 radical (unpaired) electrons. The zero-order chi connectivity index (χ0) is 30.5. The topological polar surface area (TPSA) is 8.17 Å². The maximum atomic E-state index is 2.40. The van der Waals surface area contributed by atoms with Gasteiger partial charge in [0.25, 0.3) is 0 Å². The summed E-state index contributed by atoms with van der Waals surface area (Å²) < 4.78 is 2.40. The second-order valence-corrected chi connectivity index (χ2v) is 11.8. The van der Waals surface area contributed by atoms with Crippen LogP contribution in [0, 0.1) is 0 Å². The quantitative estimate of drug-likeness (QED) is 0.195. The van der Waals surface area contributed by atoms with Crippen molar-refractivity contribution in [3.8, 4) is 16.8 Å². The molecule has 8 aromatic carbocycles. The van der Waals surface area contributed by atoms with Crippen molar-refractivity contribution in [3.05, 3.63) is 182 Å². The van der Waals surface area contributed by atoms with Crippen LogP contribution in [0.15, 0.2) is 182 Å². The van der Waals surface area contributed by atoms with Gasteiger partial charge in [-0.2, -0.15) is 0 Å². The summed E-state index contributed by atoms with van der Waals surface area (Å²) in [5.74, 6) is 0. The van der Waals surface area contributed by atoms with Crippen molar-refractivity contribution in [1.82, 2.24) is 4.57 Å². The lowest BCUT2D eigenvalue weighted by Crippen LogP contribution is -2.10. The van der Waals surface area contributed by atoms with Crippen LogP contribution in [0.2, 0.25) is 0 Å². The number of hydrogen-bond acceptors (Lipinski definition) is 1. The monoisotopic (exact) mass is 586 g/mol. The van der Waals surface area contributed by atoms with Crippen LogP contribution in [0.4, 0.5) is 17.1 Å². The van der Waals surface area contributed by atoms with Gasteiger partial charge in [0.15, 0.2) is 0 Å². The highest BCUT2D eigenvalue weighted by molar-refractivity contribution is 6.21. The lowest BCUT2D eigenvalue weighted by molar-refractivity contribution is 1.17. The molecule has 0 bridgehead atoms. The van der Waals surface area contributed by atoms with E-state index < -0.39 is 0 Å². The van der Waals surface area contributed by atoms with Crippen LogP contribution in [-0.4, -0.2) is 4.57 Å². The van der Waals surface area contributed by atoms with E-state index in [0.717, 1.165) is 22.7 Å². The van der Waals surface area contributed by atoms with Crippen LogP contribution in [0.1, 0.15) is 0 Å². The first-order valence-electron chi connectivity index (χ1n) is 15.8. The van der Waals surface area contributed by atoms with Crippen molar-refractivity contribution < 1.29 is 0 Å². The molecule has 9 rings (SSSR count). The largest absolute Gasteiger partial charge is 0.310 e. The van der Waals surface area contributed by atoms with E-state index in [1.54, 1.807) is 0 Å². The molecule has 0 aliphatic heterocycles. The van der Waals surface area contributed by atoms with Gasteiger partial charge < -0.3 is 9.47 Å². The van der Waals surface area contributed by atoms with E-state index in [9.17, 15) is 0 Å². The van der Waals surface area contributed by atoms with Crippen LogP contribution < -0.4 is 4.90 Å². The Morgan fingerprint density at radius 2 is 0.978 bits per heavy atom. The van der Waals surface area contributed by atoms with E-state index in [0.29, 0.717) is 0 Å². The van der Waals surface area contributed by atoms with Gasteiger partial charge in [0, 0.05) is 33.5 Å². The van der Waals surface area contributed by atoms with Gasteiger partial charge in [-0.05, 0) is 99.4 Å². The molecule has 216 valence electrons. The molecular formula is C44H30N2. The van der Waals surface area contributed by atoms with Crippen molar-refractivity contribution in [2.75, 3.05) is 4.90 Å². The predicted molar refractivity (Wildman–Crippen MR) is 196 cm³/mol. The molecule has 0 atom stereocenters. The van der Waals surface area contributed by atoms with Gasteiger partial charge >= 0.3 is 0 Å². The van der Waals surface area contributed by atoms with E-state index in [1.165, 1.54) is 54.5 Å². The summed E-state index contributed by atoms with van der Waals surface area (Å²) >= 11 is 0. The molecule has 2 nitrogen and oxygen atoms in total. The number of benzene rings is 8. The summed E-state index contributed by atoms with van der Waals surface area (Å²) in [6.07, 6.45) is 0. The predicted octanol–water partition coefficient (Wildman–Crippen LogP) is 12.2. The molecule has 46 heavy (non-hydrogen) atoms. The summed E-state index contributed by atoms with van der Waals surface area (Å²) in [7, 11) is 0. The molecule has 0 spiro atoms. The normalized spacial score (nSPS) is 11.5. The SMILES string of the molecule is c1ccc(N(c2ccc(-n3c4ccccc4c4c5ccccc5ccc43)cc2)c2cccc(-c3ccc4ccccc4c3)c2)cc1. The number of aromatic nitrogens is 1. The highest BCUT2D eigenvalue weighted by Gasteiger charge is 2.17. The molecular weight excluding hydrogens is 556 g/mol. The Kier molecular flexibility index (Phi) is 6.17. The minimum atomic E-state index is 1.11. The molecule has 9 aromatic rings. The van der Waals surface area contributed by atoms with Gasteiger partial charge in [0.1, 0.15) is 0 Å². The Labute approximate surface area is 268 Å². The fraction of sp³-hybridized carbons (Fsp3) is 0. The molecule has 1 heterocycles. The zero-order valence-electron chi connectivity index (χ0n) is 25.2. The van der Waals surface area contributed by atoms with E-state index in [4.69, 9.17) is 0 Å². The molecule has 0 amide bonds. The van der Waals surface area contributed by atoms with E-state index in [1.807, 2.05) is 0 Å². The van der Waals surface area contributed by atoms with Crippen molar-refractivity contribution in [2.24, 2.45) is 0 Å². The first-order chi connectivity index (χ1) is 22.8. The third kappa shape index (κ3) is 4.35. The second kappa shape index (κ2) is 10.8. The molecule has 2 heteroatoms. The highest BCUT2D eigenvalue weighted by atomic mass is 15.1. The van der Waals surface area contributed by atoms with Crippen LogP contribution in [0.5, 0.6) is 0 Å². The van der Waals surface area contributed by atoms with Gasteiger partial charge in [0.2, 0.25) is 0 Å². The molecule has 0 aliphatic carbocycles. The number of anilines is 3. The van der Waals surface area contributed by atoms with Crippen molar-refractivity contribution in [3.63, 3.8) is 0 Å². The first kappa shape index (κ1) is 26.3. The minimum Gasteiger partial charge on any atom is -0.310 e. The summed E-state index contributed by atoms with van der Waals surface area (Å²) in [4.78, 5) is 2.34. The van der Waals surface area contributed by atoms with Gasteiger partial charge in [0.05, 0.1) is 11.0 Å². The Hall–Kier alpha value is -6.12. The smallest absolute Gasteiger partial charge is 0.0547 e. The molecule has 0 aliphatic rings. The zero-order valence-corrected chi connectivity index (χ0v) is 25.2. The number of hydrogen-bond donors (Lipinski definition) is 0. The molecule has 0 N–H and O–H groups in total. The molecule has 1 aromatic heterocycles. The lowest BCUT2D eigenvalue weighted by atomic mass is 10.0. The summed E-state index contributed by atoms with van der Waals surface area (Å²) in [6, 6.07) is 65.6. The molecule has 0 fully saturated rings. The standard InChI is InChI=1S/C44H30N2/c1-2-15-36(16-3-1)45(39-17-10-14-34(30-39)35-22-21-31-11-4-5-13-33(31)29-35)37-24-26-38(27-25-37)46-42-20-9-8-19-41(42)44-40-18-7-6-12-32(40)23-28-43(44)46/h1-30H. The maximum absolute atomic E-state index is 2.40.